The lowest BCUT2D eigenvalue weighted by Crippen LogP contribution is -2.29. The molecule has 0 heterocycles. The van der Waals surface area contributed by atoms with Gasteiger partial charge in [0, 0.05) is 6.42 Å². The Morgan fingerprint density at radius 3 is 2.31 bits per heavy atom. The van der Waals surface area contributed by atoms with Gasteiger partial charge in [-0.1, -0.05) is 0 Å². The van der Waals surface area contributed by atoms with Crippen molar-refractivity contribution in [2.75, 3.05) is 0 Å². The van der Waals surface area contributed by atoms with E-state index in [9.17, 15) is 4.79 Å². The second kappa shape index (κ2) is 4.37. The standard InChI is InChI=1S/C9H17NO3/c1-6(11)5-7(10)8(12)13-9(2,3)4/h6,10-11H,5H2,1-4H3/t6-/m0/s1. The zero-order valence-electron chi connectivity index (χ0n) is 8.55. The lowest BCUT2D eigenvalue weighted by molar-refractivity contribution is -0.146. The van der Waals surface area contributed by atoms with Gasteiger partial charge < -0.3 is 9.84 Å². The van der Waals surface area contributed by atoms with Crippen LogP contribution in [0.2, 0.25) is 0 Å². The molecule has 1 atom stereocenters. The number of carbonyl (C=O) groups is 1. The average molecular weight is 187 g/mol. The fourth-order valence-electron chi connectivity index (χ4n) is 0.718. The predicted octanol–water partition coefficient (Wildman–Crippen LogP) is 1.12. The van der Waals surface area contributed by atoms with E-state index in [2.05, 4.69) is 0 Å². The summed E-state index contributed by atoms with van der Waals surface area (Å²) >= 11 is 0. The summed E-state index contributed by atoms with van der Waals surface area (Å²) in [5.41, 5.74) is -0.771. The van der Waals surface area contributed by atoms with E-state index in [4.69, 9.17) is 15.3 Å². The molecule has 76 valence electrons. The highest BCUT2D eigenvalue weighted by molar-refractivity contribution is 6.35. The molecule has 0 unspecified atom stereocenters. The molecule has 0 rings (SSSR count). The first kappa shape index (κ1) is 12.1. The van der Waals surface area contributed by atoms with E-state index in [1.165, 1.54) is 6.92 Å². The van der Waals surface area contributed by atoms with Gasteiger partial charge in [-0.15, -0.1) is 0 Å². The van der Waals surface area contributed by atoms with Crippen LogP contribution in [0.25, 0.3) is 0 Å². The zero-order chi connectivity index (χ0) is 10.6. The number of hydrogen-bond donors (Lipinski definition) is 2. The molecule has 0 bridgehead atoms. The molecule has 0 radical (unpaired) electrons. The van der Waals surface area contributed by atoms with Crippen LogP contribution < -0.4 is 0 Å². The molecule has 0 aromatic carbocycles. The molecular weight excluding hydrogens is 170 g/mol. The first-order valence-electron chi connectivity index (χ1n) is 4.21. The van der Waals surface area contributed by atoms with Crippen molar-refractivity contribution < 1.29 is 14.6 Å². The highest BCUT2D eigenvalue weighted by Gasteiger charge is 2.20. The molecule has 0 spiro atoms. The van der Waals surface area contributed by atoms with E-state index < -0.39 is 17.7 Å². The first-order chi connectivity index (χ1) is 5.72. The van der Waals surface area contributed by atoms with Gasteiger partial charge in [0.15, 0.2) is 0 Å². The molecule has 2 N–H and O–H groups in total. The summed E-state index contributed by atoms with van der Waals surface area (Å²) in [5, 5.41) is 16.2. The van der Waals surface area contributed by atoms with Crippen molar-refractivity contribution in [3.8, 4) is 0 Å². The van der Waals surface area contributed by atoms with E-state index in [-0.39, 0.29) is 12.1 Å². The van der Waals surface area contributed by atoms with Crippen LogP contribution in [0.1, 0.15) is 34.1 Å². The minimum absolute atomic E-state index is 0.0366. The molecule has 13 heavy (non-hydrogen) atoms. The van der Waals surface area contributed by atoms with E-state index in [0.29, 0.717) is 0 Å². The van der Waals surface area contributed by atoms with Crippen molar-refractivity contribution in [3.63, 3.8) is 0 Å². The summed E-state index contributed by atoms with van der Waals surface area (Å²) in [6.45, 7) is 6.74. The van der Waals surface area contributed by atoms with Gasteiger partial charge in [0.2, 0.25) is 0 Å². The van der Waals surface area contributed by atoms with E-state index in [1.54, 1.807) is 20.8 Å². The molecule has 4 nitrogen and oxygen atoms in total. The summed E-state index contributed by atoms with van der Waals surface area (Å²) < 4.78 is 4.93. The Kier molecular flexibility index (Phi) is 4.07. The Hall–Kier alpha value is -0.900. The molecule has 4 heteroatoms. The summed E-state index contributed by atoms with van der Waals surface area (Å²) in [7, 11) is 0. The first-order valence-corrected chi connectivity index (χ1v) is 4.21. The van der Waals surface area contributed by atoms with Crippen molar-refractivity contribution in [1.82, 2.24) is 0 Å². The maximum Gasteiger partial charge on any atom is 0.352 e. The highest BCUT2D eigenvalue weighted by atomic mass is 16.6. The van der Waals surface area contributed by atoms with Crippen molar-refractivity contribution in [2.24, 2.45) is 0 Å². The molecule has 0 saturated heterocycles. The molecular formula is C9H17NO3. The molecule has 0 fully saturated rings. The molecule has 0 aromatic heterocycles. The van der Waals surface area contributed by atoms with Gasteiger partial charge in [0.05, 0.1) is 6.10 Å². The third kappa shape index (κ3) is 6.28. The topological polar surface area (TPSA) is 70.4 Å². The number of aliphatic hydroxyl groups excluding tert-OH is 1. The third-order valence-electron chi connectivity index (χ3n) is 1.14. The smallest absolute Gasteiger partial charge is 0.352 e. The molecule has 0 aromatic rings. The minimum atomic E-state index is -0.681. The van der Waals surface area contributed by atoms with Gasteiger partial charge in [0.25, 0.3) is 0 Å². The second-order valence-corrected chi connectivity index (χ2v) is 4.03. The number of nitrogens with one attached hydrogen (secondary N) is 1. The summed E-state index contributed by atoms with van der Waals surface area (Å²) in [6, 6.07) is 0. The third-order valence-corrected chi connectivity index (χ3v) is 1.14. The van der Waals surface area contributed by atoms with Gasteiger partial charge in [-0.2, -0.15) is 0 Å². The number of carbonyl (C=O) groups excluding carboxylic acids is 1. The van der Waals surface area contributed by atoms with Crippen LogP contribution in [0.15, 0.2) is 0 Å². The summed E-state index contributed by atoms with van der Waals surface area (Å²) in [4.78, 5) is 11.1. The summed E-state index contributed by atoms with van der Waals surface area (Å²) in [5.74, 6) is -0.659. The van der Waals surface area contributed by atoms with Gasteiger partial charge >= 0.3 is 5.97 Å². The quantitative estimate of drug-likeness (QED) is 0.513. The Morgan fingerprint density at radius 2 is 2.00 bits per heavy atom. The highest BCUT2D eigenvalue weighted by Crippen LogP contribution is 2.08. The molecule has 0 aliphatic rings. The molecule has 0 aliphatic carbocycles. The van der Waals surface area contributed by atoms with Crippen molar-refractivity contribution in [1.29, 1.82) is 5.41 Å². The second-order valence-electron chi connectivity index (χ2n) is 4.03. The van der Waals surface area contributed by atoms with Crippen LogP contribution in [0.4, 0.5) is 0 Å². The molecule has 0 aliphatic heterocycles. The molecule has 0 amide bonds. The minimum Gasteiger partial charge on any atom is -0.456 e. The monoisotopic (exact) mass is 187 g/mol. The SMILES string of the molecule is C[C@H](O)CC(=N)C(=O)OC(C)(C)C. The number of esters is 1. The number of ether oxygens (including phenoxy) is 1. The number of hydrogen-bond acceptors (Lipinski definition) is 4. The lowest BCUT2D eigenvalue weighted by atomic mass is 10.1. The normalized spacial score (nSPS) is 13.6. The summed E-state index contributed by atoms with van der Waals surface area (Å²) in [6.07, 6.45) is -0.644. The molecule has 0 saturated carbocycles. The van der Waals surface area contributed by atoms with Crippen LogP contribution in [0.3, 0.4) is 0 Å². The number of rotatable bonds is 3. The van der Waals surface area contributed by atoms with Crippen molar-refractivity contribution in [3.05, 3.63) is 0 Å². The van der Waals surface area contributed by atoms with Gasteiger partial charge in [-0.3, -0.25) is 5.41 Å². The maximum atomic E-state index is 11.1. The van der Waals surface area contributed by atoms with Crippen LogP contribution in [0.5, 0.6) is 0 Å². The Labute approximate surface area is 78.4 Å². The zero-order valence-corrected chi connectivity index (χ0v) is 8.55. The van der Waals surface area contributed by atoms with Crippen LogP contribution in [0, 0.1) is 5.41 Å². The van der Waals surface area contributed by atoms with Crippen LogP contribution >= 0.6 is 0 Å². The predicted molar refractivity (Wildman–Crippen MR) is 49.9 cm³/mol. The average Bonchev–Trinajstić information content (AvgIpc) is 1.81. The van der Waals surface area contributed by atoms with E-state index in [1.807, 2.05) is 0 Å². The lowest BCUT2D eigenvalue weighted by Gasteiger charge is -2.19. The fraction of sp³-hybridized carbons (Fsp3) is 0.778. The Bertz CT molecular complexity index is 203. The van der Waals surface area contributed by atoms with E-state index in [0.717, 1.165) is 0 Å². The number of aliphatic hydroxyl groups is 1. The van der Waals surface area contributed by atoms with Crippen molar-refractivity contribution >= 4 is 11.7 Å². The Balaban J connectivity index is 4.06. The van der Waals surface area contributed by atoms with Crippen LogP contribution in [-0.2, 0) is 9.53 Å². The maximum absolute atomic E-state index is 11.1. The van der Waals surface area contributed by atoms with Gasteiger partial charge in [-0.05, 0) is 27.7 Å². The van der Waals surface area contributed by atoms with Gasteiger partial charge in [-0.25, -0.2) is 4.79 Å². The fourth-order valence-corrected chi connectivity index (χ4v) is 0.718. The van der Waals surface area contributed by atoms with Crippen LogP contribution in [-0.4, -0.2) is 28.5 Å². The Morgan fingerprint density at radius 1 is 1.54 bits per heavy atom. The van der Waals surface area contributed by atoms with Crippen molar-refractivity contribution in [2.45, 2.75) is 45.8 Å². The largest absolute Gasteiger partial charge is 0.456 e. The van der Waals surface area contributed by atoms with Gasteiger partial charge in [0.1, 0.15) is 11.3 Å². The van der Waals surface area contributed by atoms with E-state index >= 15 is 0 Å².